The van der Waals surface area contributed by atoms with Gasteiger partial charge in [-0.1, -0.05) is 18.9 Å². The minimum absolute atomic E-state index is 0.0257. The first-order valence-corrected chi connectivity index (χ1v) is 8.13. The van der Waals surface area contributed by atoms with Gasteiger partial charge in [-0.05, 0) is 76.0 Å². The molecule has 2 nitrogen and oxygen atoms in total. The Balaban J connectivity index is 2.42. The smallest absolute Gasteiger partial charge is 0.316 e. The van der Waals surface area contributed by atoms with Crippen molar-refractivity contribution in [3.05, 3.63) is 22.3 Å². The predicted octanol–water partition coefficient (Wildman–Crippen LogP) is 4.95. The standard InChI is InChI=1S/C18H28O2/c1-5-7-9-14-15(13(3)4)12-18(17(19)20-6-2)11-8-10-16(14)18/h5-12H2,1-4H3. The van der Waals surface area contributed by atoms with E-state index in [2.05, 4.69) is 20.8 Å². The van der Waals surface area contributed by atoms with Crippen molar-refractivity contribution in [2.24, 2.45) is 5.41 Å². The average molecular weight is 276 g/mol. The molecule has 2 heteroatoms. The van der Waals surface area contributed by atoms with Gasteiger partial charge < -0.3 is 4.74 Å². The van der Waals surface area contributed by atoms with Gasteiger partial charge in [0.05, 0.1) is 12.0 Å². The summed E-state index contributed by atoms with van der Waals surface area (Å²) >= 11 is 0. The quantitative estimate of drug-likeness (QED) is 0.664. The summed E-state index contributed by atoms with van der Waals surface area (Å²) in [4.78, 5) is 12.6. The zero-order chi connectivity index (χ0) is 14.8. The van der Waals surface area contributed by atoms with Crippen molar-refractivity contribution in [1.29, 1.82) is 0 Å². The molecule has 0 radical (unpaired) electrons. The molecule has 2 aliphatic rings. The van der Waals surface area contributed by atoms with E-state index in [-0.39, 0.29) is 11.4 Å². The molecule has 0 aliphatic heterocycles. The summed E-state index contributed by atoms with van der Waals surface area (Å²) in [7, 11) is 0. The van der Waals surface area contributed by atoms with Crippen LogP contribution in [0.1, 0.15) is 72.6 Å². The average Bonchev–Trinajstić information content (AvgIpc) is 2.94. The normalized spacial score (nSPS) is 25.1. The second-order valence-electron chi connectivity index (χ2n) is 6.37. The van der Waals surface area contributed by atoms with Crippen molar-refractivity contribution >= 4 is 5.97 Å². The van der Waals surface area contributed by atoms with Crippen molar-refractivity contribution in [1.82, 2.24) is 0 Å². The Labute approximate surface area is 123 Å². The number of hydrogen-bond acceptors (Lipinski definition) is 2. The van der Waals surface area contributed by atoms with Crippen molar-refractivity contribution < 1.29 is 9.53 Å². The van der Waals surface area contributed by atoms with Gasteiger partial charge in [-0.25, -0.2) is 0 Å². The predicted molar refractivity (Wildman–Crippen MR) is 82.5 cm³/mol. The fourth-order valence-corrected chi connectivity index (χ4v) is 3.88. The molecule has 0 N–H and O–H groups in total. The van der Waals surface area contributed by atoms with Gasteiger partial charge in [0.1, 0.15) is 0 Å². The van der Waals surface area contributed by atoms with E-state index in [1.54, 1.807) is 0 Å². The Bertz CT molecular complexity index is 452. The molecule has 0 heterocycles. The summed E-state index contributed by atoms with van der Waals surface area (Å²) in [5, 5.41) is 0. The lowest BCUT2D eigenvalue weighted by Gasteiger charge is -2.24. The summed E-state index contributed by atoms with van der Waals surface area (Å²) < 4.78 is 5.42. The van der Waals surface area contributed by atoms with Crippen LogP contribution in [-0.2, 0) is 9.53 Å². The van der Waals surface area contributed by atoms with Gasteiger partial charge in [0.2, 0.25) is 0 Å². The van der Waals surface area contributed by atoms with Gasteiger partial charge in [-0.15, -0.1) is 0 Å². The van der Waals surface area contributed by atoms with E-state index in [1.165, 1.54) is 35.1 Å². The molecule has 0 saturated heterocycles. The van der Waals surface area contributed by atoms with Crippen molar-refractivity contribution in [3.8, 4) is 0 Å². The summed E-state index contributed by atoms with van der Waals surface area (Å²) in [6.07, 6.45) is 7.66. The molecule has 2 rings (SSSR count). The molecule has 1 unspecified atom stereocenters. The Morgan fingerprint density at radius 2 is 2.05 bits per heavy atom. The number of carbonyl (C=O) groups excluding carboxylic acids is 1. The van der Waals surface area contributed by atoms with E-state index < -0.39 is 0 Å². The number of carbonyl (C=O) groups is 1. The van der Waals surface area contributed by atoms with Crippen LogP contribution < -0.4 is 0 Å². The molecular weight excluding hydrogens is 248 g/mol. The molecule has 1 saturated carbocycles. The van der Waals surface area contributed by atoms with Crippen LogP contribution >= 0.6 is 0 Å². The maximum atomic E-state index is 12.6. The van der Waals surface area contributed by atoms with Crippen molar-refractivity contribution in [2.45, 2.75) is 72.6 Å². The van der Waals surface area contributed by atoms with Gasteiger partial charge >= 0.3 is 5.97 Å². The Morgan fingerprint density at radius 1 is 1.30 bits per heavy atom. The maximum absolute atomic E-state index is 12.6. The topological polar surface area (TPSA) is 26.3 Å². The summed E-state index contributed by atoms with van der Waals surface area (Å²) in [5.41, 5.74) is 5.44. The van der Waals surface area contributed by atoms with Crippen LogP contribution in [0.4, 0.5) is 0 Å². The summed E-state index contributed by atoms with van der Waals surface area (Å²) in [6.45, 7) is 8.99. The first-order valence-electron chi connectivity index (χ1n) is 8.13. The number of esters is 1. The van der Waals surface area contributed by atoms with Crippen LogP contribution in [0.3, 0.4) is 0 Å². The monoisotopic (exact) mass is 276 g/mol. The number of hydrogen-bond donors (Lipinski definition) is 0. The van der Waals surface area contributed by atoms with E-state index >= 15 is 0 Å². The minimum Gasteiger partial charge on any atom is -0.465 e. The molecule has 0 aromatic rings. The Morgan fingerprint density at radius 3 is 2.65 bits per heavy atom. The van der Waals surface area contributed by atoms with Gasteiger partial charge in [0.15, 0.2) is 0 Å². The van der Waals surface area contributed by atoms with Crippen molar-refractivity contribution in [3.63, 3.8) is 0 Å². The van der Waals surface area contributed by atoms with Crippen LogP contribution in [0.15, 0.2) is 22.3 Å². The molecule has 0 spiro atoms. The zero-order valence-corrected chi connectivity index (χ0v) is 13.5. The van der Waals surface area contributed by atoms with E-state index in [1.807, 2.05) is 6.92 Å². The molecule has 0 amide bonds. The fraction of sp³-hybridized carbons (Fsp3) is 0.722. The SMILES string of the molecule is CCCCC1=C2CCCC2(C(=O)OCC)CC1=C(C)C. The van der Waals surface area contributed by atoms with E-state index in [0.29, 0.717) is 6.61 Å². The third-order valence-corrected chi connectivity index (χ3v) is 4.87. The third kappa shape index (κ3) is 2.45. The number of allylic oxidation sites excluding steroid dienone is 3. The lowest BCUT2D eigenvalue weighted by molar-refractivity contribution is -0.152. The van der Waals surface area contributed by atoms with Crippen LogP contribution in [0.5, 0.6) is 0 Å². The zero-order valence-electron chi connectivity index (χ0n) is 13.5. The van der Waals surface area contributed by atoms with Crippen LogP contribution in [0.2, 0.25) is 0 Å². The van der Waals surface area contributed by atoms with E-state index in [9.17, 15) is 4.79 Å². The highest BCUT2D eigenvalue weighted by molar-refractivity contribution is 5.84. The van der Waals surface area contributed by atoms with Crippen LogP contribution in [0, 0.1) is 5.41 Å². The molecule has 2 aliphatic carbocycles. The highest BCUT2D eigenvalue weighted by Gasteiger charge is 2.52. The van der Waals surface area contributed by atoms with Crippen molar-refractivity contribution in [2.75, 3.05) is 6.61 Å². The Kier molecular flexibility index (Phi) is 4.72. The fourth-order valence-electron chi connectivity index (χ4n) is 3.88. The van der Waals surface area contributed by atoms with Gasteiger partial charge in [-0.2, -0.15) is 0 Å². The number of ether oxygens (including phenoxy) is 1. The highest BCUT2D eigenvalue weighted by atomic mass is 16.5. The molecular formula is C18H28O2. The van der Waals surface area contributed by atoms with E-state index in [4.69, 9.17) is 4.74 Å². The molecule has 0 bridgehead atoms. The number of fused-ring (bicyclic) bond motifs is 1. The summed E-state index contributed by atoms with van der Waals surface area (Å²) in [6, 6.07) is 0. The largest absolute Gasteiger partial charge is 0.465 e. The van der Waals surface area contributed by atoms with Crippen LogP contribution in [-0.4, -0.2) is 12.6 Å². The molecule has 112 valence electrons. The Hall–Kier alpha value is -1.05. The van der Waals surface area contributed by atoms with Crippen LogP contribution in [0.25, 0.3) is 0 Å². The minimum atomic E-state index is -0.300. The molecule has 1 fully saturated rings. The second-order valence-corrected chi connectivity index (χ2v) is 6.37. The van der Waals surface area contributed by atoms with Gasteiger partial charge in [0, 0.05) is 0 Å². The summed E-state index contributed by atoms with van der Waals surface area (Å²) in [5.74, 6) is 0.0257. The third-order valence-electron chi connectivity index (χ3n) is 4.87. The maximum Gasteiger partial charge on any atom is 0.316 e. The van der Waals surface area contributed by atoms with E-state index in [0.717, 1.165) is 32.1 Å². The van der Waals surface area contributed by atoms with Gasteiger partial charge in [-0.3, -0.25) is 4.79 Å². The molecule has 0 aromatic carbocycles. The number of unbranched alkanes of at least 4 members (excludes halogenated alkanes) is 1. The molecule has 20 heavy (non-hydrogen) atoms. The first-order chi connectivity index (χ1) is 9.56. The first kappa shape index (κ1) is 15.3. The molecule has 1 atom stereocenters. The highest BCUT2D eigenvalue weighted by Crippen LogP contribution is 2.57. The number of rotatable bonds is 5. The lowest BCUT2D eigenvalue weighted by Crippen LogP contribution is -2.29. The molecule has 0 aromatic heterocycles. The van der Waals surface area contributed by atoms with Gasteiger partial charge in [0.25, 0.3) is 0 Å². The second kappa shape index (κ2) is 6.15. The lowest BCUT2D eigenvalue weighted by atomic mass is 9.82.